The van der Waals surface area contributed by atoms with Crippen molar-refractivity contribution in [2.24, 2.45) is 5.14 Å². The van der Waals surface area contributed by atoms with Crippen molar-refractivity contribution in [3.8, 4) is 0 Å². The molecule has 0 spiro atoms. The lowest BCUT2D eigenvalue weighted by Gasteiger charge is -2.20. The quantitative estimate of drug-likeness (QED) is 0.783. The highest BCUT2D eigenvalue weighted by molar-refractivity contribution is 7.90. The summed E-state index contributed by atoms with van der Waals surface area (Å²) in [7, 11) is -3.80. The molecule has 1 aromatic rings. The van der Waals surface area contributed by atoms with Crippen molar-refractivity contribution >= 4 is 21.7 Å². The minimum atomic E-state index is -3.80. The summed E-state index contributed by atoms with van der Waals surface area (Å²) in [4.78, 5) is 11.7. The zero-order valence-electron chi connectivity index (χ0n) is 8.59. The van der Waals surface area contributed by atoms with Gasteiger partial charge in [-0.1, -0.05) is 12.1 Å². The van der Waals surface area contributed by atoms with Crippen LogP contribution in [0.2, 0.25) is 0 Å². The van der Waals surface area contributed by atoms with Gasteiger partial charge in [0.1, 0.15) is 0 Å². The van der Waals surface area contributed by atoms with Gasteiger partial charge in [-0.15, -0.1) is 0 Å². The number of anilines is 1. The number of rotatable bonds is 1. The van der Waals surface area contributed by atoms with E-state index < -0.39 is 10.2 Å². The van der Waals surface area contributed by atoms with Crippen molar-refractivity contribution in [1.82, 2.24) is 0 Å². The second-order valence-electron chi connectivity index (χ2n) is 3.66. The van der Waals surface area contributed by atoms with Crippen molar-refractivity contribution in [2.45, 2.75) is 12.8 Å². The molecule has 1 aromatic carbocycles. The lowest BCUT2D eigenvalue weighted by Crippen LogP contribution is -2.37. The summed E-state index contributed by atoms with van der Waals surface area (Å²) in [5.41, 5.74) is 0.807. The van der Waals surface area contributed by atoms with E-state index in [9.17, 15) is 13.2 Å². The average molecular weight is 240 g/mol. The molecule has 0 unspecified atom stereocenters. The molecule has 1 aliphatic heterocycles. The summed E-state index contributed by atoms with van der Waals surface area (Å²) >= 11 is 0. The van der Waals surface area contributed by atoms with Crippen molar-refractivity contribution < 1.29 is 13.2 Å². The number of benzene rings is 1. The van der Waals surface area contributed by atoms with E-state index in [0.29, 0.717) is 24.1 Å². The minimum absolute atomic E-state index is 0.0400. The number of para-hydroxylation sites is 1. The molecule has 2 rings (SSSR count). The van der Waals surface area contributed by atoms with E-state index in [1.165, 1.54) is 0 Å². The molecule has 0 fully saturated rings. The van der Waals surface area contributed by atoms with Gasteiger partial charge in [-0.25, -0.2) is 5.14 Å². The summed E-state index contributed by atoms with van der Waals surface area (Å²) in [5, 5.41) is 5.13. The number of hydrogen-bond acceptors (Lipinski definition) is 3. The number of fused-ring (bicyclic) bond motifs is 1. The van der Waals surface area contributed by atoms with Crippen molar-refractivity contribution in [3.63, 3.8) is 0 Å². The van der Waals surface area contributed by atoms with Crippen LogP contribution in [0, 0.1) is 0 Å². The molecule has 0 aliphatic carbocycles. The molecule has 0 saturated heterocycles. The molecule has 1 aliphatic rings. The number of carbonyl (C=O) groups is 1. The first-order valence-corrected chi connectivity index (χ1v) is 6.43. The fourth-order valence-corrected chi connectivity index (χ4v) is 2.65. The SMILES string of the molecule is NS(=O)(=O)N1CCCC(=O)c2ccccc21. The van der Waals surface area contributed by atoms with Crippen LogP contribution >= 0.6 is 0 Å². The van der Waals surface area contributed by atoms with Crippen LogP contribution in [0.4, 0.5) is 5.69 Å². The van der Waals surface area contributed by atoms with E-state index in [2.05, 4.69) is 0 Å². The molecule has 0 amide bonds. The topological polar surface area (TPSA) is 80.5 Å². The third kappa shape index (κ3) is 1.94. The molecular formula is C10H12N2O3S. The maximum atomic E-state index is 11.7. The van der Waals surface area contributed by atoms with E-state index in [1.807, 2.05) is 0 Å². The Hall–Kier alpha value is -1.40. The van der Waals surface area contributed by atoms with Crippen LogP contribution in [0.25, 0.3) is 0 Å². The Balaban J connectivity index is 2.60. The molecule has 0 bridgehead atoms. The monoisotopic (exact) mass is 240 g/mol. The summed E-state index contributed by atoms with van der Waals surface area (Å²) in [5.74, 6) is -0.0400. The second-order valence-corrected chi connectivity index (χ2v) is 5.13. The van der Waals surface area contributed by atoms with Gasteiger partial charge < -0.3 is 0 Å². The van der Waals surface area contributed by atoms with Gasteiger partial charge in [0.15, 0.2) is 5.78 Å². The summed E-state index contributed by atoms with van der Waals surface area (Å²) < 4.78 is 23.9. The molecule has 0 atom stereocenters. The molecule has 86 valence electrons. The number of hydrogen-bond donors (Lipinski definition) is 1. The van der Waals surface area contributed by atoms with Crippen LogP contribution in [-0.4, -0.2) is 20.7 Å². The van der Waals surface area contributed by atoms with Gasteiger partial charge >= 0.3 is 0 Å². The average Bonchev–Trinajstić information content (AvgIpc) is 2.38. The Labute approximate surface area is 94.0 Å². The van der Waals surface area contributed by atoms with Crippen LogP contribution < -0.4 is 9.44 Å². The van der Waals surface area contributed by atoms with Gasteiger partial charge in [0, 0.05) is 18.5 Å². The Morgan fingerprint density at radius 1 is 1.25 bits per heavy atom. The first-order valence-electron chi connectivity index (χ1n) is 4.93. The molecule has 2 N–H and O–H groups in total. The molecule has 0 aromatic heterocycles. The molecule has 6 heteroatoms. The first kappa shape index (κ1) is 11.1. The molecule has 0 radical (unpaired) electrons. The number of ketones is 1. The number of Topliss-reactive ketones (excluding diaryl/α,β-unsaturated/α-hetero) is 1. The fourth-order valence-electron chi connectivity index (χ4n) is 1.83. The van der Waals surface area contributed by atoms with E-state index in [0.717, 1.165) is 4.31 Å². The molecule has 5 nitrogen and oxygen atoms in total. The highest BCUT2D eigenvalue weighted by Crippen LogP contribution is 2.27. The molecular weight excluding hydrogens is 228 g/mol. The lowest BCUT2D eigenvalue weighted by molar-refractivity contribution is 0.0984. The maximum absolute atomic E-state index is 11.7. The standard InChI is InChI=1S/C10H12N2O3S/c11-16(14,15)12-7-3-6-10(13)8-4-1-2-5-9(8)12/h1-2,4-5H,3,6-7H2,(H2,11,14,15). The third-order valence-corrected chi connectivity index (χ3v) is 3.54. The Morgan fingerprint density at radius 2 is 1.94 bits per heavy atom. The molecule has 16 heavy (non-hydrogen) atoms. The van der Waals surface area contributed by atoms with Gasteiger partial charge in [-0.3, -0.25) is 9.10 Å². The van der Waals surface area contributed by atoms with Crippen LogP contribution in [-0.2, 0) is 10.2 Å². The van der Waals surface area contributed by atoms with Crippen molar-refractivity contribution in [3.05, 3.63) is 29.8 Å². The normalized spacial score (nSPS) is 16.8. The summed E-state index contributed by atoms with van der Waals surface area (Å²) in [6, 6.07) is 6.63. The first-order chi connectivity index (χ1) is 7.50. The zero-order valence-corrected chi connectivity index (χ0v) is 9.40. The lowest BCUT2D eigenvalue weighted by atomic mass is 10.1. The summed E-state index contributed by atoms with van der Waals surface area (Å²) in [6.07, 6.45) is 0.840. The summed E-state index contributed by atoms with van der Waals surface area (Å²) in [6.45, 7) is 0.252. The predicted molar refractivity (Wildman–Crippen MR) is 60.5 cm³/mol. The second kappa shape index (κ2) is 3.88. The van der Waals surface area contributed by atoms with E-state index in [1.54, 1.807) is 24.3 Å². The van der Waals surface area contributed by atoms with Crippen LogP contribution in [0.15, 0.2) is 24.3 Å². The highest BCUT2D eigenvalue weighted by Gasteiger charge is 2.26. The van der Waals surface area contributed by atoms with Gasteiger partial charge in [-0.05, 0) is 18.6 Å². The van der Waals surface area contributed by atoms with Crippen LogP contribution in [0.1, 0.15) is 23.2 Å². The largest absolute Gasteiger partial charge is 0.299 e. The van der Waals surface area contributed by atoms with Gasteiger partial charge in [0.2, 0.25) is 0 Å². The van der Waals surface area contributed by atoms with E-state index >= 15 is 0 Å². The number of nitrogens with two attached hydrogens (primary N) is 1. The Morgan fingerprint density at radius 3 is 2.62 bits per heavy atom. The fraction of sp³-hybridized carbons (Fsp3) is 0.300. The predicted octanol–water partition coefficient (Wildman–Crippen LogP) is 0.673. The molecule has 0 saturated carbocycles. The minimum Gasteiger partial charge on any atom is -0.294 e. The van der Waals surface area contributed by atoms with Crippen LogP contribution in [0.5, 0.6) is 0 Å². The van der Waals surface area contributed by atoms with Gasteiger partial charge in [-0.2, -0.15) is 8.42 Å². The Bertz CT molecular complexity index is 525. The molecule has 1 heterocycles. The maximum Gasteiger partial charge on any atom is 0.299 e. The van der Waals surface area contributed by atoms with Crippen molar-refractivity contribution in [2.75, 3.05) is 10.8 Å². The third-order valence-electron chi connectivity index (χ3n) is 2.55. The van der Waals surface area contributed by atoms with Gasteiger partial charge in [0.05, 0.1) is 5.69 Å². The Kier molecular flexibility index (Phi) is 2.69. The number of carbonyl (C=O) groups excluding carboxylic acids is 1. The van der Waals surface area contributed by atoms with Gasteiger partial charge in [0.25, 0.3) is 10.2 Å². The van der Waals surface area contributed by atoms with Crippen molar-refractivity contribution in [1.29, 1.82) is 0 Å². The van der Waals surface area contributed by atoms with E-state index in [4.69, 9.17) is 5.14 Å². The smallest absolute Gasteiger partial charge is 0.294 e. The van der Waals surface area contributed by atoms with E-state index in [-0.39, 0.29) is 12.3 Å². The highest BCUT2D eigenvalue weighted by atomic mass is 32.2. The number of nitrogens with zero attached hydrogens (tertiary/aromatic N) is 1. The van der Waals surface area contributed by atoms with Crippen LogP contribution in [0.3, 0.4) is 0 Å². The zero-order chi connectivity index (χ0) is 11.8.